The minimum absolute atomic E-state index is 0.157. The summed E-state index contributed by atoms with van der Waals surface area (Å²) in [5, 5.41) is 3.16. The molecule has 6 rings (SSSR count). The van der Waals surface area contributed by atoms with Gasteiger partial charge in [0.25, 0.3) is 0 Å². The van der Waals surface area contributed by atoms with Crippen molar-refractivity contribution in [3.05, 3.63) is 57.1 Å². The molecule has 3 saturated heterocycles. The van der Waals surface area contributed by atoms with Crippen LogP contribution in [0.15, 0.2) is 30.3 Å². The molecule has 0 bridgehead atoms. The Labute approximate surface area is 208 Å². The maximum absolute atomic E-state index is 13.9. The number of anilines is 2. The van der Waals surface area contributed by atoms with E-state index in [0.29, 0.717) is 40.9 Å². The van der Waals surface area contributed by atoms with Crippen molar-refractivity contribution in [2.75, 3.05) is 16.8 Å². The summed E-state index contributed by atoms with van der Waals surface area (Å²) < 4.78 is 40.2. The van der Waals surface area contributed by atoms with E-state index in [1.54, 1.807) is 19.1 Å². The zero-order valence-corrected chi connectivity index (χ0v) is 19.8. The summed E-state index contributed by atoms with van der Waals surface area (Å²) in [6.07, 6.45) is -3.39. The van der Waals surface area contributed by atoms with Gasteiger partial charge in [0.05, 0.1) is 33.8 Å². The van der Waals surface area contributed by atoms with Gasteiger partial charge in [-0.3, -0.25) is 19.3 Å². The second kappa shape index (κ2) is 7.21. The van der Waals surface area contributed by atoms with Crippen molar-refractivity contribution in [3.63, 3.8) is 0 Å². The van der Waals surface area contributed by atoms with Crippen molar-refractivity contribution in [1.29, 1.82) is 0 Å². The Balaban J connectivity index is 1.55. The average Bonchev–Trinajstić information content (AvgIpc) is 3.50. The Morgan fingerprint density at radius 2 is 1.77 bits per heavy atom. The number of imide groups is 1. The summed E-state index contributed by atoms with van der Waals surface area (Å²) >= 11 is 12.5. The van der Waals surface area contributed by atoms with Crippen LogP contribution in [0.3, 0.4) is 0 Å². The minimum atomic E-state index is -4.69. The number of nitrogens with zero attached hydrogens (tertiary/aromatic N) is 2. The zero-order chi connectivity index (χ0) is 25.0. The Morgan fingerprint density at radius 3 is 2.49 bits per heavy atom. The van der Waals surface area contributed by atoms with Crippen LogP contribution in [0.4, 0.5) is 24.5 Å². The van der Waals surface area contributed by atoms with E-state index in [2.05, 4.69) is 5.32 Å². The molecular weight excluding hydrogens is 506 g/mol. The van der Waals surface area contributed by atoms with Crippen LogP contribution in [0.25, 0.3) is 0 Å². The maximum atomic E-state index is 13.9. The fraction of sp³-hybridized carbons (Fsp3) is 0.375. The quantitative estimate of drug-likeness (QED) is 0.547. The van der Waals surface area contributed by atoms with Gasteiger partial charge in [-0.2, -0.15) is 13.2 Å². The lowest BCUT2D eigenvalue weighted by atomic mass is 9.75. The van der Waals surface area contributed by atoms with Gasteiger partial charge in [0.1, 0.15) is 5.54 Å². The van der Waals surface area contributed by atoms with E-state index >= 15 is 0 Å². The largest absolute Gasteiger partial charge is 0.416 e. The molecule has 1 N–H and O–H groups in total. The molecule has 11 heteroatoms. The van der Waals surface area contributed by atoms with Crippen LogP contribution in [0.1, 0.15) is 29.5 Å². The molecule has 0 saturated carbocycles. The van der Waals surface area contributed by atoms with Crippen LogP contribution in [0.2, 0.25) is 10.0 Å². The number of halogens is 5. The first-order valence-corrected chi connectivity index (χ1v) is 11.9. The van der Waals surface area contributed by atoms with Crippen LogP contribution in [-0.2, 0) is 26.1 Å². The smallest absolute Gasteiger partial charge is 0.324 e. The fourth-order valence-electron chi connectivity index (χ4n) is 6.49. The highest BCUT2D eigenvalue weighted by Crippen LogP contribution is 2.61. The Morgan fingerprint density at radius 1 is 1.06 bits per heavy atom. The van der Waals surface area contributed by atoms with Gasteiger partial charge < -0.3 is 5.32 Å². The van der Waals surface area contributed by atoms with Crippen molar-refractivity contribution in [2.45, 2.75) is 37.5 Å². The van der Waals surface area contributed by atoms with E-state index in [1.807, 2.05) is 4.90 Å². The Hall–Kier alpha value is -2.62. The van der Waals surface area contributed by atoms with E-state index in [-0.39, 0.29) is 10.7 Å². The molecule has 3 amide bonds. The van der Waals surface area contributed by atoms with Gasteiger partial charge >= 0.3 is 6.18 Å². The topological polar surface area (TPSA) is 69.7 Å². The highest BCUT2D eigenvalue weighted by Gasteiger charge is 2.74. The SMILES string of the molecule is Cc1c(Cl)ccc2c1NC(=O)[C@@]21[C@@H]2C(=O)N(c3cc(C(F)(F)F)ccc3Cl)C(=O)[C@@H]2[C@H]2CCCN21. The predicted octanol–water partition coefficient (Wildman–Crippen LogP) is 4.75. The van der Waals surface area contributed by atoms with Gasteiger partial charge in [0.15, 0.2) is 0 Å². The lowest BCUT2D eigenvalue weighted by Crippen LogP contribution is -2.54. The van der Waals surface area contributed by atoms with E-state index in [1.165, 1.54) is 0 Å². The second-order valence-corrected chi connectivity index (χ2v) is 10.2. The van der Waals surface area contributed by atoms with E-state index in [9.17, 15) is 27.6 Å². The van der Waals surface area contributed by atoms with E-state index < -0.39 is 52.9 Å². The molecule has 2 aromatic carbocycles. The molecule has 3 fully saturated rings. The molecule has 35 heavy (non-hydrogen) atoms. The number of alkyl halides is 3. The summed E-state index contributed by atoms with van der Waals surface area (Å²) in [6, 6.07) is 5.47. The van der Waals surface area contributed by atoms with Gasteiger partial charge in [0.2, 0.25) is 17.7 Å². The first-order chi connectivity index (χ1) is 16.5. The lowest BCUT2D eigenvalue weighted by molar-refractivity contribution is -0.137. The highest BCUT2D eigenvalue weighted by atomic mass is 35.5. The van der Waals surface area contributed by atoms with Crippen molar-refractivity contribution in [2.24, 2.45) is 11.8 Å². The number of benzene rings is 2. The molecule has 4 atom stereocenters. The molecule has 1 spiro atoms. The maximum Gasteiger partial charge on any atom is 0.416 e. The molecule has 0 unspecified atom stereocenters. The molecular formula is C24H18Cl2F3N3O3. The predicted molar refractivity (Wildman–Crippen MR) is 122 cm³/mol. The standard InChI is InChI=1S/C24H18Cl2F3N3O3/c1-10-13(25)7-5-12-19(10)30-22(35)23(12)18-17(15-3-2-8-31(15)23)20(33)32(21(18)34)16-9-11(24(27,28)29)4-6-14(16)26/h4-7,9,15,17-18H,2-3,8H2,1H3,(H,30,35)/t15-,17-,18+,23+/m1/s1. The number of amides is 3. The van der Waals surface area contributed by atoms with Crippen molar-refractivity contribution in [3.8, 4) is 0 Å². The van der Waals surface area contributed by atoms with Gasteiger partial charge in [-0.05, 0) is 56.1 Å². The van der Waals surface area contributed by atoms with Crippen LogP contribution in [-0.4, -0.2) is 35.2 Å². The summed E-state index contributed by atoms with van der Waals surface area (Å²) in [4.78, 5) is 44.0. The third-order valence-electron chi connectivity index (χ3n) is 7.88. The number of carbonyl (C=O) groups excluding carboxylic acids is 3. The summed E-state index contributed by atoms with van der Waals surface area (Å²) in [6.45, 7) is 2.27. The first kappa shape index (κ1) is 22.8. The number of nitrogens with one attached hydrogen (secondary N) is 1. The Kier molecular flexibility index (Phi) is 4.70. The monoisotopic (exact) mass is 523 g/mol. The fourth-order valence-corrected chi connectivity index (χ4v) is 6.85. The highest BCUT2D eigenvalue weighted by molar-refractivity contribution is 6.36. The molecule has 6 nitrogen and oxygen atoms in total. The third-order valence-corrected chi connectivity index (χ3v) is 8.61. The van der Waals surface area contributed by atoms with Crippen LogP contribution in [0.5, 0.6) is 0 Å². The molecule has 4 heterocycles. The molecule has 2 aromatic rings. The zero-order valence-electron chi connectivity index (χ0n) is 18.2. The number of rotatable bonds is 1. The van der Waals surface area contributed by atoms with E-state index in [0.717, 1.165) is 23.5 Å². The molecule has 0 aromatic heterocycles. The van der Waals surface area contributed by atoms with Crippen LogP contribution in [0, 0.1) is 18.8 Å². The van der Waals surface area contributed by atoms with Gasteiger partial charge in [0, 0.05) is 16.6 Å². The summed E-state index contributed by atoms with van der Waals surface area (Å²) in [5.41, 5.74) is -1.10. The molecule has 4 aliphatic rings. The average molecular weight is 524 g/mol. The Bertz CT molecular complexity index is 1350. The third kappa shape index (κ3) is 2.74. The summed E-state index contributed by atoms with van der Waals surface area (Å²) in [7, 11) is 0. The second-order valence-electron chi connectivity index (χ2n) is 9.40. The van der Waals surface area contributed by atoms with Gasteiger partial charge in [-0.25, -0.2) is 4.90 Å². The minimum Gasteiger partial charge on any atom is -0.324 e. The molecule has 0 aliphatic carbocycles. The molecule has 182 valence electrons. The van der Waals surface area contributed by atoms with E-state index in [4.69, 9.17) is 23.2 Å². The number of fused-ring (bicyclic) bond motifs is 7. The first-order valence-electron chi connectivity index (χ1n) is 11.1. The lowest BCUT2D eigenvalue weighted by Gasteiger charge is -2.36. The van der Waals surface area contributed by atoms with Gasteiger partial charge in [-0.1, -0.05) is 29.3 Å². The number of hydrogen-bond donors (Lipinski definition) is 1. The van der Waals surface area contributed by atoms with Crippen molar-refractivity contribution < 1.29 is 27.6 Å². The van der Waals surface area contributed by atoms with Crippen LogP contribution >= 0.6 is 23.2 Å². The van der Waals surface area contributed by atoms with Crippen molar-refractivity contribution >= 4 is 52.3 Å². The normalized spacial score (nSPS) is 29.7. The summed E-state index contributed by atoms with van der Waals surface area (Å²) in [5.74, 6) is -3.79. The molecule has 4 aliphatic heterocycles. The molecule has 0 radical (unpaired) electrons. The van der Waals surface area contributed by atoms with Crippen molar-refractivity contribution in [1.82, 2.24) is 4.90 Å². The number of hydrogen-bond acceptors (Lipinski definition) is 4. The van der Waals surface area contributed by atoms with Crippen LogP contribution < -0.4 is 10.2 Å². The van der Waals surface area contributed by atoms with Gasteiger partial charge in [-0.15, -0.1) is 0 Å². The number of carbonyl (C=O) groups is 3.